The number of nitrogens with zero attached hydrogens (tertiary/aromatic N) is 2. The number of H-pyrrole nitrogens is 1. The lowest BCUT2D eigenvalue weighted by atomic mass is 9.86. The number of ether oxygens (including phenoxy) is 1. The zero-order chi connectivity index (χ0) is 21.0. The number of nitrogens with two attached hydrogens (primary N) is 1. The Balaban J connectivity index is 1.77. The van der Waals surface area contributed by atoms with E-state index in [9.17, 15) is 23.5 Å². The summed E-state index contributed by atoms with van der Waals surface area (Å²) >= 11 is 0. The average Bonchev–Trinajstić information content (AvgIpc) is 3.40. The molecule has 1 aromatic heterocycles. The molecular formula is C18H23F3N4O4. The first-order valence-electron chi connectivity index (χ1n) is 9.60. The summed E-state index contributed by atoms with van der Waals surface area (Å²) in [5.41, 5.74) is 4.26. The minimum atomic E-state index is -2.98. The summed E-state index contributed by atoms with van der Waals surface area (Å²) in [5.74, 6) is -2.84. The van der Waals surface area contributed by atoms with Gasteiger partial charge in [-0.2, -0.15) is 8.78 Å². The summed E-state index contributed by atoms with van der Waals surface area (Å²) in [6, 6.07) is -1.13. The van der Waals surface area contributed by atoms with Gasteiger partial charge in [0, 0.05) is 36.7 Å². The van der Waals surface area contributed by atoms with Crippen LogP contribution in [0.25, 0.3) is 5.76 Å². The average molecular weight is 416 g/mol. The Bertz CT molecular complexity index is 955. The van der Waals surface area contributed by atoms with Crippen LogP contribution in [0.4, 0.5) is 13.2 Å². The third kappa shape index (κ3) is 3.30. The Morgan fingerprint density at radius 3 is 2.59 bits per heavy atom. The van der Waals surface area contributed by atoms with Crippen molar-refractivity contribution in [1.29, 1.82) is 0 Å². The van der Waals surface area contributed by atoms with Crippen molar-refractivity contribution in [3.63, 3.8) is 0 Å². The van der Waals surface area contributed by atoms with Crippen molar-refractivity contribution < 1.29 is 23.0 Å². The molecule has 2 heterocycles. The van der Waals surface area contributed by atoms with Crippen molar-refractivity contribution in [1.82, 2.24) is 14.5 Å². The number of fused-ring (bicyclic) bond motifs is 1. The largest absolute Gasteiger partial charge is 0.504 e. The Hall–Kier alpha value is -2.11. The van der Waals surface area contributed by atoms with E-state index in [2.05, 4.69) is 9.72 Å². The fraction of sp³-hybridized carbons (Fsp3) is 0.667. The van der Waals surface area contributed by atoms with Gasteiger partial charge in [-0.15, -0.1) is 0 Å². The highest BCUT2D eigenvalue weighted by atomic mass is 19.3. The molecule has 29 heavy (non-hydrogen) atoms. The number of hydrogen-bond acceptors (Lipinski definition) is 6. The molecule has 1 aliphatic heterocycles. The highest BCUT2D eigenvalue weighted by molar-refractivity contribution is 5.66. The van der Waals surface area contributed by atoms with E-state index in [-0.39, 0.29) is 36.9 Å². The first-order chi connectivity index (χ1) is 13.7. The maximum Gasteiger partial charge on any atom is 0.345 e. The topological polar surface area (TPSA) is 114 Å². The van der Waals surface area contributed by atoms with Crippen LogP contribution in [0.2, 0.25) is 0 Å². The minimum Gasteiger partial charge on any atom is -0.504 e. The summed E-state index contributed by atoms with van der Waals surface area (Å²) in [6.07, 6.45) is 0.603. The van der Waals surface area contributed by atoms with Crippen molar-refractivity contribution in [2.45, 2.75) is 50.5 Å². The molecule has 0 radical (unpaired) electrons. The number of rotatable bonds is 5. The number of aliphatic hydroxyl groups excluding tert-OH is 1. The van der Waals surface area contributed by atoms with Gasteiger partial charge in [0.15, 0.2) is 11.6 Å². The first kappa shape index (κ1) is 20.2. The second-order valence-corrected chi connectivity index (χ2v) is 7.94. The molecule has 0 aromatic carbocycles. The lowest BCUT2D eigenvalue weighted by Crippen LogP contribution is -2.46. The zero-order valence-electron chi connectivity index (χ0n) is 15.8. The van der Waals surface area contributed by atoms with E-state index in [1.165, 1.54) is 4.57 Å². The molecule has 1 aromatic rings. The van der Waals surface area contributed by atoms with Crippen LogP contribution in [0.1, 0.15) is 43.0 Å². The smallest absolute Gasteiger partial charge is 0.345 e. The third-order valence-corrected chi connectivity index (χ3v) is 6.10. The van der Waals surface area contributed by atoms with E-state index < -0.39 is 53.4 Å². The predicted molar refractivity (Wildman–Crippen MR) is 97.4 cm³/mol. The van der Waals surface area contributed by atoms with E-state index in [0.717, 1.165) is 12.8 Å². The van der Waals surface area contributed by atoms with Gasteiger partial charge < -0.3 is 15.6 Å². The van der Waals surface area contributed by atoms with E-state index in [1.54, 1.807) is 11.8 Å². The Morgan fingerprint density at radius 1 is 1.31 bits per heavy atom. The van der Waals surface area contributed by atoms with Crippen molar-refractivity contribution in [3.8, 4) is 0 Å². The third-order valence-electron chi connectivity index (χ3n) is 6.10. The molecular weight excluding hydrogens is 393 g/mol. The standard InChI is InChI=1S/C18H23F3N4O4/c1-7-13-11(16(27)23-18(28)25(13)9-2-3-9)15(26)12(19)14(7)24-5-8(4-22)10(6-24)29-17(20)21/h7-10,14,17,26H,2-6,22H2,1H3,(H,23,27,28). The van der Waals surface area contributed by atoms with Gasteiger partial charge in [0.1, 0.15) is 5.56 Å². The second-order valence-electron chi connectivity index (χ2n) is 7.94. The Kier molecular flexibility index (Phi) is 5.07. The van der Waals surface area contributed by atoms with Gasteiger partial charge in [-0.3, -0.25) is 19.2 Å². The molecule has 8 nitrogen and oxygen atoms in total. The van der Waals surface area contributed by atoms with Crippen LogP contribution in [0.3, 0.4) is 0 Å². The molecule has 160 valence electrons. The normalized spacial score (nSPS) is 30.3. The van der Waals surface area contributed by atoms with E-state index in [4.69, 9.17) is 5.73 Å². The van der Waals surface area contributed by atoms with Crippen molar-refractivity contribution in [3.05, 3.63) is 37.9 Å². The minimum absolute atomic E-state index is 0.00586. The molecule has 4 atom stereocenters. The molecule has 0 amide bonds. The van der Waals surface area contributed by atoms with Crippen LogP contribution < -0.4 is 17.0 Å². The van der Waals surface area contributed by atoms with Crippen molar-refractivity contribution in [2.75, 3.05) is 19.6 Å². The monoisotopic (exact) mass is 416 g/mol. The molecule has 0 spiro atoms. The Labute approximate surface area is 163 Å². The van der Waals surface area contributed by atoms with Crippen LogP contribution in [0, 0.1) is 5.92 Å². The number of aromatic amines is 1. The van der Waals surface area contributed by atoms with Crippen LogP contribution in [-0.4, -0.2) is 57.9 Å². The molecule has 1 saturated carbocycles. The van der Waals surface area contributed by atoms with Crippen LogP contribution in [-0.2, 0) is 4.74 Å². The molecule has 2 fully saturated rings. The molecule has 4 rings (SSSR count). The molecule has 4 unspecified atom stereocenters. The lowest BCUT2D eigenvalue weighted by Gasteiger charge is -2.36. The number of alkyl halides is 2. The van der Waals surface area contributed by atoms with E-state index >= 15 is 4.39 Å². The van der Waals surface area contributed by atoms with Crippen molar-refractivity contribution >= 4 is 5.76 Å². The van der Waals surface area contributed by atoms with Gasteiger partial charge in [-0.05, 0) is 19.4 Å². The molecule has 0 bridgehead atoms. The summed E-state index contributed by atoms with van der Waals surface area (Å²) in [4.78, 5) is 28.5. The predicted octanol–water partition coefficient (Wildman–Crippen LogP) is 1.05. The van der Waals surface area contributed by atoms with Gasteiger partial charge in [0.2, 0.25) is 0 Å². The molecule has 11 heteroatoms. The molecule has 2 aliphatic carbocycles. The summed E-state index contributed by atoms with van der Waals surface area (Å²) in [7, 11) is 0. The fourth-order valence-corrected chi connectivity index (χ4v) is 4.66. The van der Waals surface area contributed by atoms with Crippen LogP contribution in [0.5, 0.6) is 0 Å². The maximum atomic E-state index is 15.2. The first-order valence-corrected chi connectivity index (χ1v) is 9.60. The van der Waals surface area contributed by atoms with Gasteiger partial charge >= 0.3 is 12.3 Å². The number of nitrogens with one attached hydrogen (secondary N) is 1. The SMILES string of the molecule is CC1c2c(c(=O)[nH]c(=O)n2C2CC2)C(O)=C(F)C1N1CC(CN)C(OC(F)F)C1. The number of hydrogen-bond donors (Lipinski definition) is 3. The summed E-state index contributed by atoms with van der Waals surface area (Å²) in [6.45, 7) is -1.06. The van der Waals surface area contributed by atoms with E-state index in [1.807, 2.05) is 0 Å². The Morgan fingerprint density at radius 2 is 2.00 bits per heavy atom. The quantitative estimate of drug-likeness (QED) is 0.661. The van der Waals surface area contributed by atoms with Gasteiger partial charge in [0.25, 0.3) is 5.56 Å². The van der Waals surface area contributed by atoms with Crippen molar-refractivity contribution in [2.24, 2.45) is 11.7 Å². The van der Waals surface area contributed by atoms with Gasteiger partial charge in [0.05, 0.1) is 12.1 Å². The molecule has 3 aliphatic rings. The van der Waals surface area contributed by atoms with Gasteiger partial charge in [-0.25, -0.2) is 9.18 Å². The van der Waals surface area contributed by atoms with Crippen LogP contribution >= 0.6 is 0 Å². The molecule has 4 N–H and O–H groups in total. The van der Waals surface area contributed by atoms with E-state index in [0.29, 0.717) is 0 Å². The number of halogens is 3. The molecule has 1 saturated heterocycles. The van der Waals surface area contributed by atoms with Crippen LogP contribution in [0.15, 0.2) is 15.4 Å². The second kappa shape index (κ2) is 7.29. The highest BCUT2D eigenvalue weighted by Crippen LogP contribution is 2.44. The fourth-order valence-electron chi connectivity index (χ4n) is 4.66. The van der Waals surface area contributed by atoms with Gasteiger partial charge in [-0.1, -0.05) is 6.92 Å². The zero-order valence-corrected chi connectivity index (χ0v) is 15.8. The number of likely N-dealkylation sites (tertiary alicyclic amines) is 1. The highest BCUT2D eigenvalue weighted by Gasteiger charge is 2.47. The number of aliphatic hydroxyl groups is 1. The lowest BCUT2D eigenvalue weighted by molar-refractivity contribution is -0.167. The maximum absolute atomic E-state index is 15.2. The number of aromatic nitrogens is 2. The summed E-state index contributed by atoms with van der Waals surface area (Å²) in [5, 5.41) is 10.5. The summed E-state index contributed by atoms with van der Waals surface area (Å²) < 4.78 is 46.7.